The molecule has 2 aromatic rings. The first kappa shape index (κ1) is 25.9. The van der Waals surface area contributed by atoms with Gasteiger partial charge in [-0.25, -0.2) is 0 Å². The quantitative estimate of drug-likeness (QED) is 0.449. The van der Waals surface area contributed by atoms with Crippen molar-refractivity contribution in [2.24, 2.45) is 11.8 Å². The monoisotopic (exact) mass is 552 g/mol. The summed E-state index contributed by atoms with van der Waals surface area (Å²) in [5.74, 6) is 1.47. The molecule has 2 aromatic carbocycles. The van der Waals surface area contributed by atoms with Gasteiger partial charge in [-0.15, -0.1) is 0 Å². The fraction of sp³-hybridized carbons (Fsp3) is 0.581. The number of ether oxygens (including phenoxy) is 1. The second kappa shape index (κ2) is 11.4. The molecule has 194 valence electrons. The Hall–Kier alpha value is -1.69. The van der Waals surface area contributed by atoms with Crippen LogP contribution in [0.15, 0.2) is 53.0 Å². The molecule has 4 nitrogen and oxygen atoms in total. The minimum Gasteiger partial charge on any atom is -0.380 e. The van der Waals surface area contributed by atoms with Gasteiger partial charge in [0.25, 0.3) is 0 Å². The van der Waals surface area contributed by atoms with Crippen molar-refractivity contribution >= 4 is 21.8 Å². The SMILES string of the molecule is COCc1c(Br)cccc1C1(C)CNCC1C(=O)N1CCC(c2ccccc2)CC1C1CCCCC1. The Kier molecular flexibility index (Phi) is 8.19. The van der Waals surface area contributed by atoms with E-state index in [1.54, 1.807) is 7.11 Å². The molecular formula is C31H41BrN2O2. The molecule has 0 spiro atoms. The fourth-order valence-corrected chi connectivity index (χ4v) is 7.80. The van der Waals surface area contributed by atoms with Gasteiger partial charge in [0.15, 0.2) is 0 Å². The van der Waals surface area contributed by atoms with Crippen LogP contribution in [0.1, 0.15) is 74.5 Å². The van der Waals surface area contributed by atoms with Crippen molar-refractivity contribution in [1.29, 1.82) is 0 Å². The lowest BCUT2D eigenvalue weighted by molar-refractivity contribution is -0.142. The van der Waals surface area contributed by atoms with Crippen LogP contribution < -0.4 is 5.32 Å². The zero-order valence-corrected chi connectivity index (χ0v) is 23.4. The fourth-order valence-electron chi connectivity index (χ4n) is 7.32. The number of carbonyl (C=O) groups is 1. The Morgan fingerprint density at radius 2 is 1.86 bits per heavy atom. The number of benzene rings is 2. The number of amides is 1. The molecule has 1 amide bonds. The van der Waals surface area contributed by atoms with Gasteiger partial charge in [0, 0.05) is 42.7 Å². The lowest BCUT2D eigenvalue weighted by atomic mass is 9.70. The number of nitrogens with zero attached hydrogens (tertiary/aromatic N) is 1. The van der Waals surface area contributed by atoms with E-state index in [1.165, 1.54) is 43.2 Å². The molecule has 0 radical (unpaired) electrons. The Bertz CT molecular complexity index is 1040. The number of nitrogens with one attached hydrogen (secondary N) is 1. The second-order valence-electron chi connectivity index (χ2n) is 11.4. The summed E-state index contributed by atoms with van der Waals surface area (Å²) in [6.45, 7) is 5.24. The molecule has 1 aliphatic carbocycles. The maximum Gasteiger partial charge on any atom is 0.228 e. The highest BCUT2D eigenvalue weighted by Gasteiger charge is 2.49. The number of likely N-dealkylation sites (tertiary alicyclic amines) is 1. The summed E-state index contributed by atoms with van der Waals surface area (Å²) in [6.07, 6.45) is 8.64. The Morgan fingerprint density at radius 3 is 2.61 bits per heavy atom. The predicted molar refractivity (Wildman–Crippen MR) is 149 cm³/mol. The molecule has 5 rings (SSSR count). The second-order valence-corrected chi connectivity index (χ2v) is 12.3. The van der Waals surface area contributed by atoms with Gasteiger partial charge in [-0.1, -0.05) is 84.6 Å². The number of carbonyl (C=O) groups excluding carboxylic acids is 1. The molecule has 3 fully saturated rings. The summed E-state index contributed by atoms with van der Waals surface area (Å²) in [4.78, 5) is 16.8. The number of halogens is 1. The van der Waals surface area contributed by atoms with Crippen LogP contribution in [0.5, 0.6) is 0 Å². The number of piperidine rings is 1. The van der Waals surface area contributed by atoms with Crippen LogP contribution in [0.2, 0.25) is 0 Å². The maximum absolute atomic E-state index is 14.5. The van der Waals surface area contributed by atoms with E-state index in [0.29, 0.717) is 30.4 Å². The van der Waals surface area contributed by atoms with Crippen LogP contribution in [0.4, 0.5) is 0 Å². The van der Waals surface area contributed by atoms with E-state index in [2.05, 4.69) is 81.6 Å². The number of methoxy groups -OCH3 is 1. The van der Waals surface area contributed by atoms with Crippen molar-refractivity contribution < 1.29 is 9.53 Å². The summed E-state index contributed by atoms with van der Waals surface area (Å²) in [7, 11) is 1.74. The average Bonchev–Trinajstić information content (AvgIpc) is 3.32. The highest BCUT2D eigenvalue weighted by molar-refractivity contribution is 9.10. The molecule has 3 aliphatic rings. The summed E-state index contributed by atoms with van der Waals surface area (Å²) >= 11 is 3.75. The molecule has 4 unspecified atom stereocenters. The normalized spacial score (nSPS) is 29.4. The molecule has 2 aliphatic heterocycles. The van der Waals surface area contributed by atoms with Crippen LogP contribution in [-0.4, -0.2) is 43.6 Å². The molecule has 0 bridgehead atoms. The third-order valence-electron chi connectivity index (χ3n) is 9.32. The van der Waals surface area contributed by atoms with Gasteiger partial charge >= 0.3 is 0 Å². The van der Waals surface area contributed by atoms with Crippen molar-refractivity contribution in [3.63, 3.8) is 0 Å². The Morgan fingerprint density at radius 1 is 1.08 bits per heavy atom. The minimum atomic E-state index is -0.262. The van der Waals surface area contributed by atoms with Crippen LogP contribution in [-0.2, 0) is 21.6 Å². The molecule has 5 heteroatoms. The van der Waals surface area contributed by atoms with Crippen molar-refractivity contribution in [3.05, 3.63) is 69.7 Å². The van der Waals surface area contributed by atoms with Gasteiger partial charge in [-0.05, 0) is 60.3 Å². The van der Waals surface area contributed by atoms with Crippen LogP contribution >= 0.6 is 15.9 Å². The standard InChI is InChI=1S/C31H41BrN2O2/c1-31(26-14-9-15-28(32)25(26)20-36-2)21-33-19-27(31)30(35)34-17-16-24(22-10-5-3-6-11-22)18-29(34)23-12-7-4-8-13-23/h3,5-6,9-11,14-15,23-24,27,29,33H,4,7-8,12-13,16-21H2,1-2H3. The zero-order chi connectivity index (χ0) is 25.1. The van der Waals surface area contributed by atoms with Gasteiger partial charge in [0.2, 0.25) is 5.91 Å². The first-order valence-corrected chi connectivity index (χ1v) is 14.6. The van der Waals surface area contributed by atoms with E-state index in [1.807, 2.05) is 0 Å². The largest absolute Gasteiger partial charge is 0.380 e. The van der Waals surface area contributed by atoms with Gasteiger partial charge < -0.3 is 15.0 Å². The van der Waals surface area contributed by atoms with Gasteiger partial charge in [0.1, 0.15) is 0 Å². The van der Waals surface area contributed by atoms with Crippen molar-refractivity contribution in [3.8, 4) is 0 Å². The van der Waals surface area contributed by atoms with E-state index in [-0.39, 0.29) is 11.3 Å². The Labute approximate surface area is 225 Å². The van der Waals surface area contributed by atoms with Gasteiger partial charge in [-0.2, -0.15) is 0 Å². The van der Waals surface area contributed by atoms with E-state index >= 15 is 0 Å². The molecule has 36 heavy (non-hydrogen) atoms. The maximum atomic E-state index is 14.5. The highest BCUT2D eigenvalue weighted by Crippen LogP contribution is 2.44. The molecule has 1 N–H and O–H groups in total. The molecule has 0 aromatic heterocycles. The minimum absolute atomic E-state index is 0.0678. The van der Waals surface area contributed by atoms with Crippen LogP contribution in [0, 0.1) is 11.8 Å². The average molecular weight is 554 g/mol. The summed E-state index contributed by atoms with van der Waals surface area (Å²) < 4.78 is 6.63. The first-order valence-electron chi connectivity index (χ1n) is 13.9. The molecule has 2 heterocycles. The topological polar surface area (TPSA) is 41.6 Å². The molecule has 4 atom stereocenters. The lowest BCUT2D eigenvalue weighted by Gasteiger charge is -2.47. The van der Waals surface area contributed by atoms with E-state index in [9.17, 15) is 4.79 Å². The summed E-state index contributed by atoms with van der Waals surface area (Å²) in [5, 5.41) is 3.60. The summed E-state index contributed by atoms with van der Waals surface area (Å²) in [6, 6.07) is 17.7. The Balaban J connectivity index is 1.44. The van der Waals surface area contributed by atoms with E-state index < -0.39 is 0 Å². The predicted octanol–water partition coefficient (Wildman–Crippen LogP) is 6.43. The lowest BCUT2D eigenvalue weighted by Crippen LogP contribution is -2.54. The third-order valence-corrected chi connectivity index (χ3v) is 10.1. The zero-order valence-electron chi connectivity index (χ0n) is 21.8. The van der Waals surface area contributed by atoms with Gasteiger partial charge in [-0.3, -0.25) is 4.79 Å². The number of rotatable bonds is 6. The van der Waals surface area contributed by atoms with Crippen molar-refractivity contribution in [2.45, 2.75) is 75.9 Å². The molecule has 2 saturated heterocycles. The highest BCUT2D eigenvalue weighted by atomic mass is 79.9. The number of hydrogen-bond donors (Lipinski definition) is 1. The van der Waals surface area contributed by atoms with Crippen molar-refractivity contribution in [1.82, 2.24) is 10.2 Å². The molecular weight excluding hydrogens is 512 g/mol. The van der Waals surface area contributed by atoms with Gasteiger partial charge in [0.05, 0.1) is 12.5 Å². The van der Waals surface area contributed by atoms with Crippen molar-refractivity contribution in [2.75, 3.05) is 26.7 Å². The first-order chi connectivity index (χ1) is 17.5. The third kappa shape index (κ3) is 5.04. The summed E-state index contributed by atoms with van der Waals surface area (Å²) in [5.41, 5.74) is 3.57. The number of hydrogen-bond acceptors (Lipinski definition) is 3. The van der Waals surface area contributed by atoms with E-state index in [0.717, 1.165) is 42.5 Å². The smallest absolute Gasteiger partial charge is 0.228 e. The molecule has 1 saturated carbocycles. The van der Waals surface area contributed by atoms with Crippen LogP contribution in [0.3, 0.4) is 0 Å². The van der Waals surface area contributed by atoms with E-state index in [4.69, 9.17) is 4.74 Å². The van der Waals surface area contributed by atoms with Crippen LogP contribution in [0.25, 0.3) is 0 Å².